The molecule has 4 heteroatoms. The van der Waals surface area contributed by atoms with Crippen LogP contribution in [-0.2, 0) is 4.74 Å². The number of hydrogen-bond acceptors (Lipinski definition) is 4. The van der Waals surface area contributed by atoms with Crippen LogP contribution in [0.4, 0.5) is 0 Å². The van der Waals surface area contributed by atoms with Crippen LogP contribution in [0.1, 0.15) is 44.9 Å². The maximum absolute atomic E-state index is 11.3. The minimum Gasteiger partial charge on any atom is -0.389 e. The number of fused-ring (bicyclic) bond motifs is 4. The SMILES string of the molecule is NCC1(C2(O)CC3CCC(C2)N3)CC2CCC1O2. The number of hydrogen-bond donors (Lipinski definition) is 3. The van der Waals surface area contributed by atoms with Gasteiger partial charge in [0.25, 0.3) is 0 Å². The molecule has 5 unspecified atom stereocenters. The molecular formula is C14H24N2O2. The number of ether oxygens (including phenoxy) is 1. The molecule has 4 bridgehead atoms. The molecule has 0 aromatic carbocycles. The first-order valence-corrected chi connectivity index (χ1v) is 7.49. The fourth-order valence-corrected chi connectivity index (χ4v) is 5.22. The zero-order valence-corrected chi connectivity index (χ0v) is 10.9. The van der Waals surface area contributed by atoms with E-state index in [1.807, 2.05) is 0 Å². The van der Waals surface area contributed by atoms with Crippen LogP contribution in [0.15, 0.2) is 0 Å². The highest BCUT2D eigenvalue weighted by atomic mass is 16.5. The molecule has 4 heterocycles. The lowest BCUT2D eigenvalue weighted by molar-refractivity contribution is -0.136. The van der Waals surface area contributed by atoms with Gasteiger partial charge >= 0.3 is 0 Å². The Bertz CT molecular complexity index is 350. The largest absolute Gasteiger partial charge is 0.389 e. The van der Waals surface area contributed by atoms with Crippen molar-refractivity contribution in [3.8, 4) is 0 Å². The molecule has 4 aliphatic rings. The quantitative estimate of drug-likeness (QED) is 0.670. The molecule has 4 rings (SSSR count). The van der Waals surface area contributed by atoms with E-state index in [1.165, 1.54) is 12.8 Å². The van der Waals surface area contributed by atoms with E-state index in [-0.39, 0.29) is 11.5 Å². The van der Waals surface area contributed by atoms with Gasteiger partial charge in [-0.2, -0.15) is 0 Å². The summed E-state index contributed by atoms with van der Waals surface area (Å²) in [5.41, 5.74) is 5.36. The highest BCUT2D eigenvalue weighted by Crippen LogP contribution is 2.57. The average Bonchev–Trinajstić information content (AvgIpc) is 3.03. The van der Waals surface area contributed by atoms with Crippen LogP contribution in [0, 0.1) is 5.41 Å². The Balaban J connectivity index is 1.68. The van der Waals surface area contributed by atoms with Gasteiger partial charge in [0.2, 0.25) is 0 Å². The Kier molecular flexibility index (Phi) is 2.39. The monoisotopic (exact) mass is 252 g/mol. The zero-order valence-electron chi connectivity index (χ0n) is 10.9. The van der Waals surface area contributed by atoms with Crippen LogP contribution < -0.4 is 11.1 Å². The van der Waals surface area contributed by atoms with Gasteiger partial charge in [-0.25, -0.2) is 0 Å². The second-order valence-electron chi connectivity index (χ2n) is 6.97. The van der Waals surface area contributed by atoms with E-state index < -0.39 is 5.60 Å². The maximum atomic E-state index is 11.3. The molecule has 4 aliphatic heterocycles. The summed E-state index contributed by atoms with van der Waals surface area (Å²) in [6, 6.07) is 0.993. The van der Waals surface area contributed by atoms with Crippen LogP contribution >= 0.6 is 0 Å². The van der Waals surface area contributed by atoms with Crippen molar-refractivity contribution in [2.24, 2.45) is 11.1 Å². The van der Waals surface area contributed by atoms with Crippen LogP contribution in [-0.4, -0.2) is 41.5 Å². The molecule has 0 spiro atoms. The normalized spacial score (nSPS) is 58.3. The van der Waals surface area contributed by atoms with Gasteiger partial charge in [-0.15, -0.1) is 0 Å². The average molecular weight is 252 g/mol. The summed E-state index contributed by atoms with van der Waals surface area (Å²) < 4.78 is 6.03. The molecule has 18 heavy (non-hydrogen) atoms. The molecule has 4 N–H and O–H groups in total. The molecule has 0 amide bonds. The first-order chi connectivity index (χ1) is 8.65. The van der Waals surface area contributed by atoms with Crippen molar-refractivity contribution in [3.05, 3.63) is 0 Å². The number of rotatable bonds is 2. The lowest BCUT2D eigenvalue weighted by Gasteiger charge is -2.51. The number of nitrogens with one attached hydrogen (secondary N) is 1. The molecule has 4 nitrogen and oxygen atoms in total. The smallest absolute Gasteiger partial charge is 0.0771 e. The van der Waals surface area contributed by atoms with E-state index >= 15 is 0 Å². The first-order valence-electron chi connectivity index (χ1n) is 7.49. The lowest BCUT2D eigenvalue weighted by atomic mass is 9.59. The minimum absolute atomic E-state index is 0.168. The van der Waals surface area contributed by atoms with E-state index in [4.69, 9.17) is 10.5 Å². The summed E-state index contributed by atoms with van der Waals surface area (Å²) in [7, 11) is 0. The van der Waals surface area contributed by atoms with E-state index in [0.29, 0.717) is 24.7 Å². The summed E-state index contributed by atoms with van der Waals surface area (Å²) in [6.07, 6.45) is 7.95. The van der Waals surface area contributed by atoms with Gasteiger partial charge in [-0.3, -0.25) is 0 Å². The molecule has 5 atom stereocenters. The number of nitrogens with two attached hydrogens (primary N) is 1. The van der Waals surface area contributed by atoms with E-state index in [0.717, 1.165) is 32.1 Å². The second-order valence-corrected chi connectivity index (χ2v) is 6.97. The summed E-state index contributed by atoms with van der Waals surface area (Å²) in [6.45, 7) is 0.574. The Morgan fingerprint density at radius 1 is 1.11 bits per heavy atom. The minimum atomic E-state index is -0.599. The van der Waals surface area contributed by atoms with Crippen LogP contribution in [0.3, 0.4) is 0 Å². The van der Waals surface area contributed by atoms with Crippen molar-refractivity contribution < 1.29 is 9.84 Å². The van der Waals surface area contributed by atoms with Gasteiger partial charge in [0.15, 0.2) is 0 Å². The van der Waals surface area contributed by atoms with Gasteiger partial charge in [0.1, 0.15) is 0 Å². The third-order valence-electron chi connectivity index (χ3n) is 6.11. The highest BCUT2D eigenvalue weighted by molar-refractivity contribution is 5.16. The van der Waals surface area contributed by atoms with Crippen molar-refractivity contribution in [3.63, 3.8) is 0 Å². The molecule has 4 saturated heterocycles. The Morgan fingerprint density at radius 3 is 2.33 bits per heavy atom. The van der Waals surface area contributed by atoms with Crippen molar-refractivity contribution in [1.29, 1.82) is 0 Å². The zero-order chi connectivity index (χ0) is 12.4. The van der Waals surface area contributed by atoms with Crippen LogP contribution in [0.2, 0.25) is 0 Å². The fraction of sp³-hybridized carbons (Fsp3) is 1.00. The molecule has 102 valence electrons. The Morgan fingerprint density at radius 2 is 1.83 bits per heavy atom. The van der Waals surface area contributed by atoms with Crippen LogP contribution in [0.5, 0.6) is 0 Å². The number of aliphatic hydroxyl groups is 1. The van der Waals surface area contributed by atoms with Gasteiger partial charge in [-0.05, 0) is 44.9 Å². The van der Waals surface area contributed by atoms with E-state index in [1.54, 1.807) is 0 Å². The van der Waals surface area contributed by atoms with Gasteiger partial charge in [0.05, 0.1) is 17.8 Å². The molecule has 4 fully saturated rings. The van der Waals surface area contributed by atoms with Gasteiger partial charge < -0.3 is 20.9 Å². The molecule has 0 radical (unpaired) electrons. The van der Waals surface area contributed by atoms with Crippen LogP contribution in [0.25, 0.3) is 0 Å². The predicted octanol–water partition coefficient (Wildman–Crippen LogP) is 0.528. The topological polar surface area (TPSA) is 67.5 Å². The van der Waals surface area contributed by atoms with E-state index in [9.17, 15) is 5.11 Å². The molecule has 0 aliphatic carbocycles. The summed E-state index contributed by atoms with van der Waals surface area (Å²) in [5, 5.41) is 14.9. The molecule has 0 aromatic heterocycles. The third-order valence-corrected chi connectivity index (χ3v) is 6.11. The van der Waals surface area contributed by atoms with Gasteiger partial charge in [-0.1, -0.05) is 0 Å². The first kappa shape index (κ1) is 11.6. The molecular weight excluding hydrogens is 228 g/mol. The van der Waals surface area contributed by atoms with Gasteiger partial charge in [0, 0.05) is 24.0 Å². The third kappa shape index (κ3) is 1.35. The summed E-state index contributed by atoms with van der Waals surface area (Å²) in [5.74, 6) is 0. The van der Waals surface area contributed by atoms with Crippen molar-refractivity contribution in [1.82, 2.24) is 5.32 Å². The van der Waals surface area contributed by atoms with Crippen molar-refractivity contribution >= 4 is 0 Å². The molecule has 0 aromatic rings. The Hall–Kier alpha value is -0.160. The predicted molar refractivity (Wildman–Crippen MR) is 68.1 cm³/mol. The van der Waals surface area contributed by atoms with E-state index in [2.05, 4.69) is 5.32 Å². The second kappa shape index (κ2) is 3.69. The maximum Gasteiger partial charge on any atom is 0.0771 e. The lowest BCUT2D eigenvalue weighted by Crippen LogP contribution is -2.63. The fourth-order valence-electron chi connectivity index (χ4n) is 5.22. The van der Waals surface area contributed by atoms with Crippen molar-refractivity contribution in [2.45, 2.75) is 74.8 Å². The summed E-state index contributed by atoms with van der Waals surface area (Å²) >= 11 is 0. The highest BCUT2D eigenvalue weighted by Gasteiger charge is 2.64. The number of piperidine rings is 1. The standard InChI is InChI=1S/C14H24N2O2/c15-8-13(7-11-3-4-12(13)18-11)14(17)5-9-1-2-10(6-14)16-9/h9-12,16-17H,1-8,15H2. The summed E-state index contributed by atoms with van der Waals surface area (Å²) in [4.78, 5) is 0. The Labute approximate surface area is 108 Å². The van der Waals surface area contributed by atoms with Crippen molar-refractivity contribution in [2.75, 3.05) is 6.54 Å². The molecule has 0 saturated carbocycles.